The minimum atomic E-state index is 0.296. The van der Waals surface area contributed by atoms with Crippen molar-refractivity contribution in [2.24, 2.45) is 11.7 Å². The lowest BCUT2D eigenvalue weighted by Gasteiger charge is -2.21. The van der Waals surface area contributed by atoms with Crippen molar-refractivity contribution in [3.8, 4) is 0 Å². The van der Waals surface area contributed by atoms with Crippen molar-refractivity contribution in [3.63, 3.8) is 0 Å². The normalized spacial score (nSPS) is 15.6. The molecule has 14 heavy (non-hydrogen) atoms. The van der Waals surface area contributed by atoms with E-state index in [1.807, 2.05) is 4.90 Å². The molecule has 0 saturated heterocycles. The lowest BCUT2D eigenvalue weighted by atomic mass is 10.2. The maximum absolute atomic E-state index is 11.7. The third kappa shape index (κ3) is 4.09. The number of carbonyl (C=O) groups is 1. The highest BCUT2D eigenvalue weighted by molar-refractivity contribution is 5.76. The Bertz CT molecular complexity index is 178. The van der Waals surface area contributed by atoms with Crippen LogP contribution in [-0.2, 0) is 4.79 Å². The molecule has 0 bridgehead atoms. The van der Waals surface area contributed by atoms with E-state index in [-0.39, 0.29) is 0 Å². The van der Waals surface area contributed by atoms with E-state index in [1.165, 1.54) is 12.8 Å². The first kappa shape index (κ1) is 11.5. The highest BCUT2D eigenvalue weighted by Gasteiger charge is 2.25. The molecule has 0 aromatic carbocycles. The number of nitrogens with two attached hydrogens (primary N) is 1. The average molecular weight is 198 g/mol. The van der Waals surface area contributed by atoms with Crippen LogP contribution in [0.2, 0.25) is 0 Å². The van der Waals surface area contributed by atoms with E-state index in [9.17, 15) is 4.79 Å². The Kier molecular flexibility index (Phi) is 4.94. The minimum Gasteiger partial charge on any atom is -0.342 e. The molecule has 1 aliphatic carbocycles. The predicted octanol–water partition coefficient (Wildman–Crippen LogP) is 1.37. The summed E-state index contributed by atoms with van der Waals surface area (Å²) in [5.41, 5.74) is 5.39. The molecule has 1 rings (SSSR count). The topological polar surface area (TPSA) is 46.3 Å². The van der Waals surface area contributed by atoms with Crippen LogP contribution in [0.4, 0.5) is 0 Å². The third-order valence-electron chi connectivity index (χ3n) is 2.62. The summed E-state index contributed by atoms with van der Waals surface area (Å²) >= 11 is 0. The van der Waals surface area contributed by atoms with Crippen LogP contribution in [0.3, 0.4) is 0 Å². The van der Waals surface area contributed by atoms with Crippen molar-refractivity contribution in [2.75, 3.05) is 19.6 Å². The number of nitrogens with zero attached hydrogens (tertiary/aromatic N) is 1. The molecule has 1 amide bonds. The van der Waals surface area contributed by atoms with Crippen LogP contribution in [0, 0.1) is 5.92 Å². The second-order valence-corrected chi connectivity index (χ2v) is 4.18. The van der Waals surface area contributed by atoms with Gasteiger partial charge in [0.2, 0.25) is 5.91 Å². The van der Waals surface area contributed by atoms with Crippen LogP contribution in [-0.4, -0.2) is 30.4 Å². The summed E-state index contributed by atoms with van der Waals surface area (Å²) in [5, 5.41) is 0. The smallest absolute Gasteiger partial charge is 0.222 e. The van der Waals surface area contributed by atoms with Gasteiger partial charge in [0.05, 0.1) is 0 Å². The summed E-state index contributed by atoms with van der Waals surface area (Å²) in [6.07, 6.45) is 5.13. The van der Waals surface area contributed by atoms with E-state index in [0.717, 1.165) is 31.8 Å². The number of hydrogen-bond donors (Lipinski definition) is 1. The molecule has 0 heterocycles. The first-order chi connectivity index (χ1) is 6.77. The lowest BCUT2D eigenvalue weighted by molar-refractivity contribution is -0.131. The Morgan fingerprint density at radius 2 is 2.21 bits per heavy atom. The second-order valence-electron chi connectivity index (χ2n) is 4.18. The van der Waals surface area contributed by atoms with E-state index in [4.69, 9.17) is 5.73 Å². The minimum absolute atomic E-state index is 0.296. The van der Waals surface area contributed by atoms with E-state index < -0.39 is 0 Å². The van der Waals surface area contributed by atoms with Gasteiger partial charge in [-0.15, -0.1) is 0 Å². The molecule has 3 heteroatoms. The average Bonchev–Trinajstić information content (AvgIpc) is 2.97. The Hall–Kier alpha value is -0.570. The molecule has 1 aliphatic rings. The predicted molar refractivity (Wildman–Crippen MR) is 57.9 cm³/mol. The van der Waals surface area contributed by atoms with Gasteiger partial charge in [-0.1, -0.05) is 6.92 Å². The molecule has 0 aromatic heterocycles. The van der Waals surface area contributed by atoms with Gasteiger partial charge in [0.15, 0.2) is 0 Å². The zero-order valence-corrected chi connectivity index (χ0v) is 9.17. The number of rotatable bonds is 7. The molecule has 1 saturated carbocycles. The molecule has 0 spiro atoms. The van der Waals surface area contributed by atoms with Crippen molar-refractivity contribution >= 4 is 5.91 Å². The lowest BCUT2D eigenvalue weighted by Crippen LogP contribution is -2.33. The number of amides is 1. The van der Waals surface area contributed by atoms with Gasteiger partial charge in [-0.05, 0) is 38.1 Å². The molecular formula is C11H22N2O. The Morgan fingerprint density at radius 3 is 2.71 bits per heavy atom. The van der Waals surface area contributed by atoms with Crippen molar-refractivity contribution < 1.29 is 4.79 Å². The van der Waals surface area contributed by atoms with Gasteiger partial charge in [0.1, 0.15) is 0 Å². The Balaban J connectivity index is 2.26. The molecule has 0 aromatic rings. The van der Waals surface area contributed by atoms with Crippen molar-refractivity contribution in [1.29, 1.82) is 0 Å². The van der Waals surface area contributed by atoms with Gasteiger partial charge in [0, 0.05) is 19.5 Å². The van der Waals surface area contributed by atoms with E-state index in [2.05, 4.69) is 6.92 Å². The van der Waals surface area contributed by atoms with Crippen molar-refractivity contribution in [1.82, 2.24) is 4.90 Å². The summed E-state index contributed by atoms with van der Waals surface area (Å²) in [5.74, 6) is 1.09. The summed E-state index contributed by atoms with van der Waals surface area (Å²) in [7, 11) is 0. The van der Waals surface area contributed by atoms with Crippen LogP contribution >= 0.6 is 0 Å². The van der Waals surface area contributed by atoms with E-state index >= 15 is 0 Å². The summed E-state index contributed by atoms with van der Waals surface area (Å²) < 4.78 is 0. The van der Waals surface area contributed by atoms with Gasteiger partial charge in [-0.2, -0.15) is 0 Å². The van der Waals surface area contributed by atoms with Crippen molar-refractivity contribution in [2.45, 2.75) is 39.0 Å². The third-order valence-corrected chi connectivity index (χ3v) is 2.62. The maximum atomic E-state index is 11.7. The number of hydrogen-bond acceptors (Lipinski definition) is 2. The molecular weight excluding hydrogens is 176 g/mol. The highest BCUT2D eigenvalue weighted by Crippen LogP contribution is 2.29. The molecule has 0 radical (unpaired) electrons. The maximum Gasteiger partial charge on any atom is 0.222 e. The standard InChI is InChI=1S/C11H22N2O/c1-2-8-13(9-10-5-6-10)11(14)4-3-7-12/h10H,2-9,12H2,1H3. The van der Waals surface area contributed by atoms with Crippen LogP contribution in [0.5, 0.6) is 0 Å². The zero-order chi connectivity index (χ0) is 10.4. The molecule has 1 fully saturated rings. The quantitative estimate of drug-likeness (QED) is 0.671. The van der Waals surface area contributed by atoms with E-state index in [0.29, 0.717) is 18.9 Å². The summed E-state index contributed by atoms with van der Waals surface area (Å²) in [4.78, 5) is 13.7. The monoisotopic (exact) mass is 198 g/mol. The first-order valence-electron chi connectivity index (χ1n) is 5.75. The van der Waals surface area contributed by atoms with Crippen LogP contribution in [0.25, 0.3) is 0 Å². The summed E-state index contributed by atoms with van der Waals surface area (Å²) in [6.45, 7) is 4.64. The van der Waals surface area contributed by atoms with Gasteiger partial charge < -0.3 is 10.6 Å². The zero-order valence-electron chi connectivity index (χ0n) is 9.17. The molecule has 0 unspecified atom stereocenters. The van der Waals surface area contributed by atoms with Gasteiger partial charge in [-0.25, -0.2) is 0 Å². The fourth-order valence-corrected chi connectivity index (χ4v) is 1.61. The largest absolute Gasteiger partial charge is 0.342 e. The highest BCUT2D eigenvalue weighted by atomic mass is 16.2. The Morgan fingerprint density at radius 1 is 1.50 bits per heavy atom. The first-order valence-corrected chi connectivity index (χ1v) is 5.75. The van der Waals surface area contributed by atoms with Gasteiger partial charge in [-0.3, -0.25) is 4.79 Å². The van der Waals surface area contributed by atoms with Crippen LogP contribution in [0.1, 0.15) is 39.0 Å². The molecule has 82 valence electrons. The fraction of sp³-hybridized carbons (Fsp3) is 0.909. The molecule has 3 nitrogen and oxygen atoms in total. The Labute approximate surface area is 86.6 Å². The van der Waals surface area contributed by atoms with Crippen LogP contribution in [0.15, 0.2) is 0 Å². The molecule has 0 aliphatic heterocycles. The number of carbonyl (C=O) groups excluding carboxylic acids is 1. The van der Waals surface area contributed by atoms with Crippen molar-refractivity contribution in [3.05, 3.63) is 0 Å². The van der Waals surface area contributed by atoms with Gasteiger partial charge in [0.25, 0.3) is 0 Å². The molecule has 0 atom stereocenters. The second kappa shape index (κ2) is 6.02. The SMILES string of the molecule is CCCN(CC1CC1)C(=O)CCCN. The van der Waals surface area contributed by atoms with Crippen LogP contribution < -0.4 is 5.73 Å². The molecule has 2 N–H and O–H groups in total. The summed E-state index contributed by atoms with van der Waals surface area (Å²) in [6, 6.07) is 0. The fourth-order valence-electron chi connectivity index (χ4n) is 1.61. The van der Waals surface area contributed by atoms with Gasteiger partial charge >= 0.3 is 0 Å². The van der Waals surface area contributed by atoms with E-state index in [1.54, 1.807) is 0 Å².